The Labute approximate surface area is 212 Å². The Bertz CT molecular complexity index is 1230. The Balaban J connectivity index is 1.77. The number of ketones is 1. The summed E-state index contributed by atoms with van der Waals surface area (Å²) in [7, 11) is 0. The molecular weight excluding hydrogens is 482 g/mol. The summed E-state index contributed by atoms with van der Waals surface area (Å²) in [5.41, 5.74) is 0.911. The molecule has 0 bridgehead atoms. The number of nitrogens with one attached hydrogen (secondary N) is 1. The number of benzene rings is 3. The molecule has 0 unspecified atom stereocenters. The summed E-state index contributed by atoms with van der Waals surface area (Å²) >= 11 is 1.14. The van der Waals surface area contributed by atoms with Gasteiger partial charge in [-0.05, 0) is 23.6 Å². The zero-order valence-corrected chi connectivity index (χ0v) is 20.6. The van der Waals surface area contributed by atoms with E-state index in [-0.39, 0.29) is 35.3 Å². The van der Waals surface area contributed by atoms with Gasteiger partial charge in [-0.15, -0.1) is 0 Å². The van der Waals surface area contributed by atoms with Crippen LogP contribution in [0.1, 0.15) is 35.3 Å². The Kier molecular flexibility index (Phi) is 9.18. The number of nitrogens with zero attached hydrogens (tertiary/aromatic N) is 2. The second kappa shape index (κ2) is 12.5. The van der Waals surface area contributed by atoms with Crippen molar-refractivity contribution in [1.82, 2.24) is 4.31 Å². The molecule has 1 N–H and O–H groups in total. The van der Waals surface area contributed by atoms with Crippen molar-refractivity contribution in [2.75, 3.05) is 11.9 Å². The van der Waals surface area contributed by atoms with Crippen LogP contribution < -0.4 is 5.32 Å². The molecular formula is C26H25N3O6S. The van der Waals surface area contributed by atoms with Crippen molar-refractivity contribution in [1.29, 1.82) is 0 Å². The second-order valence-corrected chi connectivity index (χ2v) is 9.56. The van der Waals surface area contributed by atoms with E-state index in [0.717, 1.165) is 23.6 Å². The molecule has 10 heteroatoms. The summed E-state index contributed by atoms with van der Waals surface area (Å²) < 4.78 is 6.56. The number of rotatable bonds is 10. The number of carbonyl (C=O) groups is 3. The first-order chi connectivity index (χ1) is 17.2. The van der Waals surface area contributed by atoms with Gasteiger partial charge in [0.15, 0.2) is 5.78 Å². The standard InChI is InChI=1S/C26H25N3O6S/c1-18(2)36-28(26(32)35-17-19-9-5-3-6-10-19)16-24(30)27-23-14-13-21(29(33)34)15-22(23)25(31)20-11-7-4-8-12-20/h3-15,18H,16-17H2,1-2H3,(H,27,30). The summed E-state index contributed by atoms with van der Waals surface area (Å²) in [6, 6.07) is 21.0. The van der Waals surface area contributed by atoms with Crippen LogP contribution >= 0.6 is 11.9 Å². The third-order valence-electron chi connectivity index (χ3n) is 4.80. The molecule has 0 aliphatic rings. The predicted molar refractivity (Wildman–Crippen MR) is 138 cm³/mol. The smallest absolute Gasteiger partial charge is 0.420 e. The third-order valence-corrected chi connectivity index (χ3v) is 5.76. The van der Waals surface area contributed by atoms with Crippen molar-refractivity contribution < 1.29 is 24.0 Å². The topological polar surface area (TPSA) is 119 Å². The summed E-state index contributed by atoms with van der Waals surface area (Å²) in [6.45, 7) is 3.43. The van der Waals surface area contributed by atoms with E-state index >= 15 is 0 Å². The normalized spacial score (nSPS) is 10.5. The van der Waals surface area contributed by atoms with Crippen molar-refractivity contribution in [3.8, 4) is 0 Å². The summed E-state index contributed by atoms with van der Waals surface area (Å²) in [6.07, 6.45) is -0.683. The highest BCUT2D eigenvalue weighted by Gasteiger charge is 2.24. The predicted octanol–water partition coefficient (Wildman–Crippen LogP) is 5.46. The van der Waals surface area contributed by atoms with Crippen LogP contribution in [0.25, 0.3) is 0 Å². The summed E-state index contributed by atoms with van der Waals surface area (Å²) in [4.78, 5) is 49.3. The Hall–Kier alpha value is -4.18. The van der Waals surface area contributed by atoms with Gasteiger partial charge >= 0.3 is 6.09 Å². The van der Waals surface area contributed by atoms with Crippen LogP contribution in [-0.2, 0) is 16.1 Å². The first-order valence-corrected chi connectivity index (χ1v) is 11.9. The highest BCUT2D eigenvalue weighted by Crippen LogP contribution is 2.26. The molecule has 0 aliphatic heterocycles. The van der Waals surface area contributed by atoms with Gasteiger partial charge in [-0.1, -0.05) is 74.5 Å². The van der Waals surface area contributed by atoms with Gasteiger partial charge in [0.1, 0.15) is 13.2 Å². The summed E-state index contributed by atoms with van der Waals surface area (Å²) in [5.74, 6) is -1.07. The van der Waals surface area contributed by atoms with E-state index in [1.165, 1.54) is 16.4 Å². The van der Waals surface area contributed by atoms with Gasteiger partial charge in [0, 0.05) is 22.9 Å². The van der Waals surface area contributed by atoms with Crippen LogP contribution in [0.2, 0.25) is 0 Å². The van der Waals surface area contributed by atoms with Crippen LogP contribution in [0.5, 0.6) is 0 Å². The average molecular weight is 508 g/mol. The van der Waals surface area contributed by atoms with Crippen LogP contribution in [0, 0.1) is 10.1 Å². The molecule has 9 nitrogen and oxygen atoms in total. The van der Waals surface area contributed by atoms with Gasteiger partial charge < -0.3 is 10.1 Å². The number of amides is 2. The lowest BCUT2D eigenvalue weighted by atomic mass is 10.0. The number of nitro benzene ring substituents is 1. The van der Waals surface area contributed by atoms with E-state index in [2.05, 4.69) is 5.32 Å². The Morgan fingerprint density at radius 2 is 1.64 bits per heavy atom. The highest BCUT2D eigenvalue weighted by atomic mass is 32.2. The first kappa shape index (κ1) is 26.4. The number of hydrogen-bond acceptors (Lipinski definition) is 7. The number of anilines is 1. The van der Waals surface area contributed by atoms with Gasteiger partial charge in [0.25, 0.3) is 5.69 Å². The number of ether oxygens (including phenoxy) is 1. The molecule has 0 atom stereocenters. The molecule has 36 heavy (non-hydrogen) atoms. The van der Waals surface area contributed by atoms with Gasteiger partial charge in [-0.25, -0.2) is 9.10 Å². The molecule has 0 heterocycles. The fourth-order valence-electron chi connectivity index (χ4n) is 3.20. The lowest BCUT2D eigenvalue weighted by Gasteiger charge is -2.22. The number of carbonyl (C=O) groups excluding carboxylic acids is 3. The zero-order chi connectivity index (χ0) is 26.1. The van der Waals surface area contributed by atoms with E-state index in [9.17, 15) is 24.5 Å². The van der Waals surface area contributed by atoms with Gasteiger partial charge in [0.2, 0.25) is 5.91 Å². The molecule has 3 rings (SSSR count). The number of non-ortho nitro benzene ring substituents is 1. The monoisotopic (exact) mass is 507 g/mol. The molecule has 2 amide bonds. The minimum absolute atomic E-state index is 0.0170. The molecule has 0 saturated carbocycles. The van der Waals surface area contributed by atoms with Crippen LogP contribution in [-0.4, -0.2) is 38.8 Å². The molecule has 0 fully saturated rings. The quantitative estimate of drug-likeness (QED) is 0.167. The maximum Gasteiger partial charge on any atom is 0.420 e. The van der Waals surface area contributed by atoms with Crippen molar-refractivity contribution in [3.63, 3.8) is 0 Å². The van der Waals surface area contributed by atoms with E-state index in [0.29, 0.717) is 5.56 Å². The van der Waals surface area contributed by atoms with Crippen molar-refractivity contribution in [3.05, 3.63) is 106 Å². The van der Waals surface area contributed by atoms with Crippen LogP contribution in [0.15, 0.2) is 78.9 Å². The minimum Gasteiger partial charge on any atom is -0.444 e. The average Bonchev–Trinajstić information content (AvgIpc) is 2.87. The molecule has 3 aromatic rings. The minimum atomic E-state index is -0.683. The zero-order valence-electron chi connectivity index (χ0n) is 19.7. The highest BCUT2D eigenvalue weighted by molar-refractivity contribution is 7.98. The van der Waals surface area contributed by atoms with Crippen molar-refractivity contribution in [2.45, 2.75) is 25.7 Å². The summed E-state index contributed by atoms with van der Waals surface area (Å²) in [5, 5.41) is 13.9. The van der Waals surface area contributed by atoms with E-state index < -0.39 is 22.7 Å². The fourth-order valence-corrected chi connectivity index (χ4v) is 4.04. The first-order valence-electron chi connectivity index (χ1n) is 11.1. The lowest BCUT2D eigenvalue weighted by Crippen LogP contribution is -2.34. The number of hydrogen-bond donors (Lipinski definition) is 1. The lowest BCUT2D eigenvalue weighted by molar-refractivity contribution is -0.384. The number of nitro groups is 1. The molecule has 3 aromatic carbocycles. The Morgan fingerprint density at radius 1 is 1.00 bits per heavy atom. The molecule has 0 aliphatic carbocycles. The maximum atomic E-state index is 13.1. The van der Waals surface area contributed by atoms with E-state index in [1.54, 1.807) is 30.3 Å². The molecule has 0 saturated heterocycles. The van der Waals surface area contributed by atoms with E-state index in [4.69, 9.17) is 4.74 Å². The largest absolute Gasteiger partial charge is 0.444 e. The molecule has 186 valence electrons. The fraction of sp³-hybridized carbons (Fsp3) is 0.192. The Morgan fingerprint density at radius 3 is 2.25 bits per heavy atom. The molecule has 0 spiro atoms. The SMILES string of the molecule is CC(C)SN(CC(=O)Nc1ccc([N+](=O)[O-])cc1C(=O)c1ccccc1)C(=O)OCc1ccccc1. The molecule has 0 aromatic heterocycles. The third kappa shape index (κ3) is 7.41. The van der Waals surface area contributed by atoms with Gasteiger partial charge in [0.05, 0.1) is 16.2 Å². The van der Waals surface area contributed by atoms with Gasteiger partial charge in [-0.3, -0.25) is 19.7 Å². The van der Waals surface area contributed by atoms with Crippen molar-refractivity contribution in [2.24, 2.45) is 0 Å². The van der Waals surface area contributed by atoms with Crippen LogP contribution in [0.3, 0.4) is 0 Å². The maximum absolute atomic E-state index is 13.1. The molecule has 0 radical (unpaired) electrons. The van der Waals surface area contributed by atoms with Crippen LogP contribution in [0.4, 0.5) is 16.2 Å². The second-order valence-electron chi connectivity index (χ2n) is 7.96. The van der Waals surface area contributed by atoms with Gasteiger partial charge in [-0.2, -0.15) is 0 Å². The van der Waals surface area contributed by atoms with Crippen molar-refractivity contribution >= 4 is 41.1 Å². The van der Waals surface area contributed by atoms with E-state index in [1.807, 2.05) is 44.2 Å².